The fraction of sp³-hybridized carbons (Fsp3) is 0.321. The van der Waals surface area contributed by atoms with Gasteiger partial charge in [0.1, 0.15) is 11.5 Å². The summed E-state index contributed by atoms with van der Waals surface area (Å²) in [5.74, 6) is 3.14. The van der Waals surface area contributed by atoms with E-state index >= 15 is 0 Å². The van der Waals surface area contributed by atoms with Crippen LogP contribution in [0.25, 0.3) is 0 Å². The number of methoxy groups -OCH3 is 2. The van der Waals surface area contributed by atoms with E-state index in [0.29, 0.717) is 11.5 Å². The summed E-state index contributed by atoms with van der Waals surface area (Å²) in [6.45, 7) is 2.91. The molecule has 0 N–H and O–H groups in total. The van der Waals surface area contributed by atoms with E-state index < -0.39 is 0 Å². The average molecular weight is 459 g/mol. The molecule has 0 amide bonds. The normalized spacial score (nSPS) is 18.4. The van der Waals surface area contributed by atoms with Crippen LogP contribution >= 0.6 is 0 Å². The molecule has 34 heavy (non-hydrogen) atoms. The van der Waals surface area contributed by atoms with Gasteiger partial charge in [0.05, 0.1) is 32.6 Å². The van der Waals surface area contributed by atoms with Crippen molar-refractivity contribution in [1.29, 1.82) is 0 Å². The Hall–Kier alpha value is -3.67. The number of unbranched alkanes of at least 4 members (excludes halogenated alkanes) is 1. The van der Waals surface area contributed by atoms with Crippen LogP contribution in [-0.4, -0.2) is 31.5 Å². The number of para-hydroxylation sites is 1. The van der Waals surface area contributed by atoms with Crippen molar-refractivity contribution < 1.29 is 18.9 Å². The molecule has 2 atom stereocenters. The van der Waals surface area contributed by atoms with Gasteiger partial charge in [0, 0.05) is 17.5 Å². The molecular formula is C28H30N2O4. The van der Waals surface area contributed by atoms with Crippen molar-refractivity contribution in [3.63, 3.8) is 0 Å². The molecule has 0 spiro atoms. The van der Waals surface area contributed by atoms with Gasteiger partial charge in [-0.25, -0.2) is 5.01 Å². The highest BCUT2D eigenvalue weighted by molar-refractivity contribution is 6.02. The number of hydrazone groups is 1. The molecular weight excluding hydrogens is 428 g/mol. The van der Waals surface area contributed by atoms with Crippen molar-refractivity contribution in [3.05, 3.63) is 83.4 Å². The highest BCUT2D eigenvalue weighted by Crippen LogP contribution is 2.48. The van der Waals surface area contributed by atoms with Gasteiger partial charge >= 0.3 is 0 Å². The van der Waals surface area contributed by atoms with E-state index in [4.69, 9.17) is 24.0 Å². The van der Waals surface area contributed by atoms with Gasteiger partial charge in [0.15, 0.2) is 11.5 Å². The van der Waals surface area contributed by atoms with Crippen molar-refractivity contribution in [2.75, 3.05) is 20.8 Å². The van der Waals surface area contributed by atoms with Crippen LogP contribution in [0, 0.1) is 0 Å². The standard InChI is InChI=1S/C28H30N2O4/c1-4-5-16-33-21-13-10-19(11-14-21)23-18-24-22-8-6-7-9-25(22)34-28(30(24)29-23)20-12-15-26(31-2)27(17-20)32-3/h6-15,17,24,28H,4-5,16,18H2,1-3H3/t24-,28-/m0/s1. The SMILES string of the molecule is CCCCOc1ccc(C2=NN3[C@@H](C2)c2ccccc2O[C@H]3c2ccc(OC)c(OC)c2)cc1. The Bertz CT molecular complexity index is 1180. The minimum absolute atomic E-state index is 0.0959. The fourth-order valence-corrected chi connectivity index (χ4v) is 4.51. The number of fused-ring (bicyclic) bond motifs is 3. The second-order valence-corrected chi connectivity index (χ2v) is 8.50. The van der Waals surface area contributed by atoms with Crippen molar-refractivity contribution >= 4 is 5.71 Å². The Balaban J connectivity index is 1.47. The molecule has 2 aliphatic heterocycles. The highest BCUT2D eigenvalue weighted by atomic mass is 16.5. The molecule has 3 aromatic rings. The highest BCUT2D eigenvalue weighted by Gasteiger charge is 2.41. The predicted molar refractivity (Wildman–Crippen MR) is 132 cm³/mol. The van der Waals surface area contributed by atoms with Crippen molar-refractivity contribution in [3.8, 4) is 23.0 Å². The molecule has 2 aliphatic rings. The lowest BCUT2D eigenvalue weighted by Gasteiger charge is -2.38. The van der Waals surface area contributed by atoms with E-state index in [1.54, 1.807) is 14.2 Å². The van der Waals surface area contributed by atoms with Gasteiger partial charge in [-0.15, -0.1) is 0 Å². The van der Waals surface area contributed by atoms with E-state index in [1.165, 1.54) is 0 Å². The van der Waals surface area contributed by atoms with Gasteiger partial charge in [-0.1, -0.05) is 31.5 Å². The van der Waals surface area contributed by atoms with Crippen LogP contribution in [0.3, 0.4) is 0 Å². The van der Waals surface area contributed by atoms with Crippen LogP contribution in [0.5, 0.6) is 23.0 Å². The monoisotopic (exact) mass is 458 g/mol. The maximum atomic E-state index is 6.47. The second-order valence-electron chi connectivity index (χ2n) is 8.50. The lowest BCUT2D eigenvalue weighted by atomic mass is 9.96. The smallest absolute Gasteiger partial charge is 0.214 e. The van der Waals surface area contributed by atoms with Crippen LogP contribution in [-0.2, 0) is 0 Å². The van der Waals surface area contributed by atoms with Crippen LogP contribution < -0.4 is 18.9 Å². The molecule has 176 valence electrons. The summed E-state index contributed by atoms with van der Waals surface area (Å²) in [5.41, 5.74) is 4.25. The van der Waals surface area contributed by atoms with E-state index in [1.807, 2.05) is 42.5 Å². The molecule has 0 saturated heterocycles. The Morgan fingerprint density at radius 1 is 0.971 bits per heavy atom. The van der Waals surface area contributed by atoms with Crippen molar-refractivity contribution in [2.45, 2.75) is 38.5 Å². The molecule has 0 aromatic heterocycles. The number of rotatable bonds is 8. The molecule has 6 heteroatoms. The molecule has 0 aliphatic carbocycles. The predicted octanol–water partition coefficient (Wildman–Crippen LogP) is 6.13. The Morgan fingerprint density at radius 2 is 1.76 bits per heavy atom. The Labute approximate surface area is 200 Å². The summed E-state index contributed by atoms with van der Waals surface area (Å²) in [4.78, 5) is 0. The summed E-state index contributed by atoms with van der Waals surface area (Å²) in [6.07, 6.45) is 2.62. The Kier molecular flexibility index (Phi) is 6.30. The number of benzene rings is 3. The van der Waals surface area contributed by atoms with Crippen LogP contribution in [0.2, 0.25) is 0 Å². The summed E-state index contributed by atoms with van der Waals surface area (Å²) in [7, 11) is 3.28. The summed E-state index contributed by atoms with van der Waals surface area (Å²) >= 11 is 0. The van der Waals surface area contributed by atoms with E-state index in [0.717, 1.165) is 59.8 Å². The first-order chi connectivity index (χ1) is 16.7. The van der Waals surface area contributed by atoms with Crippen molar-refractivity contribution in [1.82, 2.24) is 5.01 Å². The average Bonchev–Trinajstić information content (AvgIpc) is 3.34. The number of hydrogen-bond acceptors (Lipinski definition) is 6. The molecule has 0 unspecified atom stereocenters. The van der Waals surface area contributed by atoms with E-state index in [9.17, 15) is 0 Å². The van der Waals surface area contributed by atoms with Gasteiger partial charge in [0.2, 0.25) is 6.23 Å². The van der Waals surface area contributed by atoms with Gasteiger partial charge in [0.25, 0.3) is 0 Å². The quantitative estimate of drug-likeness (QED) is 0.380. The molecule has 0 fully saturated rings. The molecule has 0 saturated carbocycles. The molecule has 0 radical (unpaired) electrons. The largest absolute Gasteiger partial charge is 0.494 e. The third-order valence-corrected chi connectivity index (χ3v) is 6.35. The lowest BCUT2D eigenvalue weighted by molar-refractivity contribution is -0.0191. The Morgan fingerprint density at radius 3 is 2.53 bits per heavy atom. The summed E-state index contributed by atoms with van der Waals surface area (Å²) < 4.78 is 23.3. The van der Waals surface area contributed by atoms with Crippen LogP contribution in [0.15, 0.2) is 71.8 Å². The lowest BCUT2D eigenvalue weighted by Crippen LogP contribution is -2.33. The first-order valence-corrected chi connectivity index (χ1v) is 11.8. The topological polar surface area (TPSA) is 52.5 Å². The zero-order chi connectivity index (χ0) is 23.5. The second kappa shape index (κ2) is 9.67. The van der Waals surface area contributed by atoms with Crippen LogP contribution in [0.4, 0.5) is 0 Å². The molecule has 0 bridgehead atoms. The van der Waals surface area contributed by atoms with E-state index in [2.05, 4.69) is 36.2 Å². The van der Waals surface area contributed by atoms with Gasteiger partial charge in [-0.2, -0.15) is 5.10 Å². The third kappa shape index (κ3) is 4.16. The number of nitrogens with zero attached hydrogens (tertiary/aromatic N) is 2. The van der Waals surface area contributed by atoms with Crippen molar-refractivity contribution in [2.24, 2.45) is 5.10 Å². The summed E-state index contributed by atoms with van der Waals surface area (Å²) in [5, 5.41) is 7.13. The molecule has 5 rings (SSSR count). The zero-order valence-electron chi connectivity index (χ0n) is 19.9. The van der Waals surface area contributed by atoms with Crippen LogP contribution in [0.1, 0.15) is 55.1 Å². The van der Waals surface area contributed by atoms with E-state index in [-0.39, 0.29) is 12.3 Å². The fourth-order valence-electron chi connectivity index (χ4n) is 4.51. The summed E-state index contributed by atoms with van der Waals surface area (Å²) in [6, 6.07) is 22.4. The minimum atomic E-state index is -0.367. The molecule has 3 aromatic carbocycles. The minimum Gasteiger partial charge on any atom is -0.494 e. The van der Waals surface area contributed by atoms with Gasteiger partial charge in [-0.05, 0) is 60.5 Å². The third-order valence-electron chi connectivity index (χ3n) is 6.35. The van der Waals surface area contributed by atoms with Gasteiger partial charge < -0.3 is 18.9 Å². The molecule has 2 heterocycles. The first kappa shape index (κ1) is 22.1. The maximum absolute atomic E-state index is 6.47. The van der Waals surface area contributed by atoms with Gasteiger partial charge in [-0.3, -0.25) is 0 Å². The maximum Gasteiger partial charge on any atom is 0.214 e. The zero-order valence-corrected chi connectivity index (χ0v) is 19.9. The first-order valence-electron chi connectivity index (χ1n) is 11.8. The number of ether oxygens (including phenoxy) is 4. The molecule has 6 nitrogen and oxygen atoms in total. The number of hydrogen-bond donors (Lipinski definition) is 0.